The fourth-order valence-electron chi connectivity index (χ4n) is 1.77. The van der Waals surface area contributed by atoms with E-state index in [4.69, 9.17) is 15.2 Å². The van der Waals surface area contributed by atoms with Gasteiger partial charge in [-0.2, -0.15) is 11.8 Å². The van der Waals surface area contributed by atoms with Crippen LogP contribution in [0.1, 0.15) is 20.3 Å². The van der Waals surface area contributed by atoms with Gasteiger partial charge in [0.1, 0.15) is 11.5 Å². The van der Waals surface area contributed by atoms with Crippen molar-refractivity contribution in [3.63, 3.8) is 0 Å². The van der Waals surface area contributed by atoms with Gasteiger partial charge in [-0.1, -0.05) is 13.8 Å². The van der Waals surface area contributed by atoms with Crippen molar-refractivity contribution in [1.29, 1.82) is 0 Å². The molecule has 124 valence electrons. The molecule has 0 saturated carbocycles. The van der Waals surface area contributed by atoms with Crippen LogP contribution in [0.4, 0.5) is 5.69 Å². The van der Waals surface area contributed by atoms with Gasteiger partial charge in [0.2, 0.25) is 0 Å². The molecule has 0 aliphatic carbocycles. The molecule has 0 saturated heterocycles. The van der Waals surface area contributed by atoms with Gasteiger partial charge in [0.25, 0.3) is 0 Å². The van der Waals surface area contributed by atoms with E-state index in [9.17, 15) is 0 Å². The topological polar surface area (TPSA) is 68.9 Å². The molecule has 0 amide bonds. The Morgan fingerprint density at radius 2 is 2.09 bits per heavy atom. The average Bonchev–Trinajstić information content (AvgIpc) is 2.50. The molecule has 6 heteroatoms. The Hall–Kier alpha value is -1.56. The third kappa shape index (κ3) is 6.93. The van der Waals surface area contributed by atoms with E-state index in [2.05, 4.69) is 24.2 Å². The number of hydrogen-bond acceptors (Lipinski definition) is 4. The number of rotatable bonds is 9. The van der Waals surface area contributed by atoms with Gasteiger partial charge in [0.05, 0.1) is 19.9 Å². The van der Waals surface area contributed by atoms with Gasteiger partial charge >= 0.3 is 0 Å². The van der Waals surface area contributed by atoms with E-state index in [1.165, 1.54) is 5.75 Å². The van der Waals surface area contributed by atoms with E-state index in [0.717, 1.165) is 36.1 Å². The van der Waals surface area contributed by atoms with Gasteiger partial charge in [-0.25, -0.2) is 0 Å². The molecule has 5 nitrogen and oxygen atoms in total. The Morgan fingerprint density at radius 1 is 1.32 bits per heavy atom. The zero-order valence-corrected chi connectivity index (χ0v) is 14.7. The molecule has 1 aromatic carbocycles. The molecule has 0 spiro atoms. The summed E-state index contributed by atoms with van der Waals surface area (Å²) in [5, 5.41) is 3.06. The van der Waals surface area contributed by atoms with Gasteiger partial charge in [0.15, 0.2) is 5.96 Å². The predicted octanol–water partition coefficient (Wildman–Crippen LogP) is 3.21. The third-order valence-corrected chi connectivity index (χ3v) is 4.33. The fraction of sp³-hybridized carbons (Fsp3) is 0.562. The minimum atomic E-state index is 0.389. The van der Waals surface area contributed by atoms with E-state index in [0.29, 0.717) is 11.7 Å². The van der Waals surface area contributed by atoms with Crippen LogP contribution >= 0.6 is 11.8 Å². The average molecular weight is 325 g/mol. The molecule has 0 fully saturated rings. The first kappa shape index (κ1) is 18.5. The molecule has 3 N–H and O–H groups in total. The Bertz CT molecular complexity index is 478. The van der Waals surface area contributed by atoms with E-state index in [-0.39, 0.29) is 0 Å². The lowest BCUT2D eigenvalue weighted by molar-refractivity contribution is 0.405. The molecule has 0 aromatic heterocycles. The molecular formula is C16H27N3O2S. The molecule has 0 bridgehead atoms. The predicted molar refractivity (Wildman–Crippen MR) is 96.4 cm³/mol. The van der Waals surface area contributed by atoms with Gasteiger partial charge < -0.3 is 20.5 Å². The molecule has 0 heterocycles. The molecular weight excluding hydrogens is 298 g/mol. The molecule has 22 heavy (non-hydrogen) atoms. The largest absolute Gasteiger partial charge is 0.497 e. The number of benzene rings is 1. The number of nitrogens with two attached hydrogens (primary N) is 1. The quantitative estimate of drug-likeness (QED) is 0.414. The second kappa shape index (κ2) is 10.2. The van der Waals surface area contributed by atoms with Crippen LogP contribution in [0.25, 0.3) is 0 Å². The highest BCUT2D eigenvalue weighted by atomic mass is 32.2. The second-order valence-electron chi connectivity index (χ2n) is 5.28. The number of ether oxygens (including phenoxy) is 2. The summed E-state index contributed by atoms with van der Waals surface area (Å²) in [7, 11) is 3.24. The lowest BCUT2D eigenvalue weighted by Gasteiger charge is -2.12. The monoisotopic (exact) mass is 325 g/mol. The summed E-state index contributed by atoms with van der Waals surface area (Å²) in [6.45, 7) is 5.18. The van der Waals surface area contributed by atoms with Crippen LogP contribution in [0.5, 0.6) is 11.5 Å². The summed E-state index contributed by atoms with van der Waals surface area (Å²) in [4.78, 5) is 4.34. The van der Waals surface area contributed by atoms with Crippen molar-refractivity contribution in [1.82, 2.24) is 0 Å². The van der Waals surface area contributed by atoms with E-state index in [1.807, 2.05) is 30.0 Å². The fourth-order valence-corrected chi connectivity index (χ4v) is 2.75. The molecule has 0 unspecified atom stereocenters. The van der Waals surface area contributed by atoms with Crippen LogP contribution in [0, 0.1) is 5.92 Å². The highest BCUT2D eigenvalue weighted by molar-refractivity contribution is 7.99. The van der Waals surface area contributed by atoms with Crippen LogP contribution in [-0.2, 0) is 0 Å². The van der Waals surface area contributed by atoms with Gasteiger partial charge in [-0.05, 0) is 36.0 Å². The number of aliphatic imine (C=N–C) groups is 1. The molecule has 1 aromatic rings. The molecule has 0 atom stereocenters. The first-order valence-electron chi connectivity index (χ1n) is 7.43. The summed E-state index contributed by atoms with van der Waals surface area (Å²) in [6, 6.07) is 5.50. The Kier molecular flexibility index (Phi) is 8.58. The van der Waals surface area contributed by atoms with Crippen molar-refractivity contribution in [3.8, 4) is 11.5 Å². The lowest BCUT2D eigenvalue weighted by Crippen LogP contribution is -2.23. The number of thioether (sulfide) groups is 1. The number of methoxy groups -OCH3 is 2. The maximum absolute atomic E-state index is 5.92. The molecule has 0 aliphatic heterocycles. The summed E-state index contributed by atoms with van der Waals surface area (Å²) in [5.74, 6) is 4.87. The van der Waals surface area contributed by atoms with Crippen LogP contribution < -0.4 is 20.5 Å². The normalized spacial score (nSPS) is 11.6. The van der Waals surface area contributed by atoms with Crippen LogP contribution in [-0.4, -0.2) is 38.2 Å². The molecule has 1 rings (SSSR count). The summed E-state index contributed by atoms with van der Waals surface area (Å²) in [6.07, 6.45) is 1.02. The Balaban J connectivity index is 2.46. The van der Waals surface area contributed by atoms with Gasteiger partial charge in [-0.3, -0.25) is 4.99 Å². The summed E-state index contributed by atoms with van der Waals surface area (Å²) >= 11 is 1.96. The zero-order chi connectivity index (χ0) is 16.4. The number of anilines is 1. The minimum Gasteiger partial charge on any atom is -0.497 e. The van der Waals surface area contributed by atoms with Crippen molar-refractivity contribution in [2.45, 2.75) is 20.3 Å². The van der Waals surface area contributed by atoms with Crippen LogP contribution in [0.3, 0.4) is 0 Å². The highest BCUT2D eigenvalue weighted by Gasteiger charge is 2.05. The lowest BCUT2D eigenvalue weighted by atomic mass is 10.2. The van der Waals surface area contributed by atoms with E-state index in [1.54, 1.807) is 14.2 Å². The van der Waals surface area contributed by atoms with Gasteiger partial charge in [-0.15, -0.1) is 0 Å². The minimum absolute atomic E-state index is 0.389. The number of nitrogens with zero attached hydrogens (tertiary/aromatic N) is 1. The Morgan fingerprint density at radius 3 is 2.73 bits per heavy atom. The van der Waals surface area contributed by atoms with Crippen molar-refractivity contribution in [2.24, 2.45) is 16.6 Å². The number of hydrogen-bond donors (Lipinski definition) is 2. The number of nitrogens with one attached hydrogen (secondary N) is 1. The maximum atomic E-state index is 5.92. The third-order valence-electron chi connectivity index (χ3n) is 2.85. The van der Waals surface area contributed by atoms with E-state index >= 15 is 0 Å². The Labute approximate surface area is 137 Å². The highest BCUT2D eigenvalue weighted by Crippen LogP contribution is 2.28. The smallest absolute Gasteiger partial charge is 0.193 e. The first-order chi connectivity index (χ1) is 10.6. The van der Waals surface area contributed by atoms with E-state index < -0.39 is 0 Å². The molecule has 0 aliphatic rings. The van der Waals surface area contributed by atoms with Crippen molar-refractivity contribution < 1.29 is 9.47 Å². The first-order valence-corrected chi connectivity index (χ1v) is 8.59. The van der Waals surface area contributed by atoms with Crippen molar-refractivity contribution in [2.75, 3.05) is 37.6 Å². The molecule has 0 radical (unpaired) electrons. The van der Waals surface area contributed by atoms with Crippen molar-refractivity contribution in [3.05, 3.63) is 18.2 Å². The number of guanidine groups is 1. The maximum Gasteiger partial charge on any atom is 0.193 e. The van der Waals surface area contributed by atoms with Crippen molar-refractivity contribution >= 4 is 23.4 Å². The summed E-state index contributed by atoms with van der Waals surface area (Å²) in [5.41, 5.74) is 6.67. The summed E-state index contributed by atoms with van der Waals surface area (Å²) < 4.78 is 10.5. The van der Waals surface area contributed by atoms with Crippen LogP contribution in [0.2, 0.25) is 0 Å². The second-order valence-corrected chi connectivity index (χ2v) is 6.43. The van der Waals surface area contributed by atoms with Gasteiger partial charge in [0, 0.05) is 12.6 Å². The zero-order valence-electron chi connectivity index (χ0n) is 13.9. The van der Waals surface area contributed by atoms with Crippen LogP contribution in [0.15, 0.2) is 23.2 Å². The standard InChI is InChI=1S/C16H27N3O2S/c1-12(2)11-22-9-5-8-18-16(17)19-14-10-13(20-3)6-7-15(14)21-4/h6-7,10,12H,5,8-9,11H2,1-4H3,(H3,17,18,19). The SMILES string of the molecule is COc1ccc(OC)c(NC(N)=NCCCSCC(C)C)c1.